The summed E-state index contributed by atoms with van der Waals surface area (Å²) < 4.78 is 15.9. The van der Waals surface area contributed by atoms with E-state index in [0.29, 0.717) is 18.2 Å². The number of nitrogens with zero attached hydrogens (tertiary/aromatic N) is 1. The molecule has 138 valence electrons. The molecule has 0 spiro atoms. The van der Waals surface area contributed by atoms with Gasteiger partial charge in [-0.1, -0.05) is 20.3 Å². The van der Waals surface area contributed by atoms with Gasteiger partial charge in [0.25, 0.3) is 0 Å². The number of anilines is 2. The zero-order chi connectivity index (χ0) is 18.2. The highest BCUT2D eigenvalue weighted by Crippen LogP contribution is 2.37. The first-order valence-electron chi connectivity index (χ1n) is 8.25. The lowest BCUT2D eigenvalue weighted by Crippen LogP contribution is -2.41. The molecule has 0 saturated carbocycles. The van der Waals surface area contributed by atoms with Crippen molar-refractivity contribution in [1.82, 2.24) is 0 Å². The van der Waals surface area contributed by atoms with Crippen molar-refractivity contribution in [2.75, 3.05) is 30.3 Å². The molecule has 7 nitrogen and oxygen atoms in total. The molecule has 1 aromatic rings. The fourth-order valence-corrected chi connectivity index (χ4v) is 2.93. The molecular formula is C16H30N3O4P. The van der Waals surface area contributed by atoms with E-state index in [1.165, 1.54) is 0 Å². The number of rotatable bonds is 11. The Labute approximate surface area is 144 Å². The van der Waals surface area contributed by atoms with Crippen LogP contribution in [0, 0.1) is 5.92 Å². The molecule has 6 N–H and O–H groups in total. The molecule has 1 atom stereocenters. The quantitative estimate of drug-likeness (QED) is 0.272. The summed E-state index contributed by atoms with van der Waals surface area (Å²) >= 11 is 0. The highest BCUT2D eigenvalue weighted by Gasteiger charge is 2.24. The number of unbranched alkanes of at least 4 members (excludes halogenated alkanes) is 1. The normalized spacial score (nSPS) is 13.2. The van der Waals surface area contributed by atoms with Gasteiger partial charge in [-0.2, -0.15) is 0 Å². The lowest BCUT2D eigenvalue weighted by Gasteiger charge is -2.35. The highest BCUT2D eigenvalue weighted by atomic mass is 31.2. The highest BCUT2D eigenvalue weighted by molar-refractivity contribution is 7.46. The lowest BCUT2D eigenvalue weighted by molar-refractivity contribution is 0.179. The maximum Gasteiger partial charge on any atom is 0.469 e. The number of hydrogen-bond acceptors (Lipinski definition) is 5. The molecule has 0 bridgehead atoms. The van der Waals surface area contributed by atoms with E-state index in [9.17, 15) is 4.57 Å². The van der Waals surface area contributed by atoms with Crippen LogP contribution in [0.3, 0.4) is 0 Å². The molecule has 0 aromatic heterocycles. The van der Waals surface area contributed by atoms with Crippen molar-refractivity contribution in [3.63, 3.8) is 0 Å². The van der Waals surface area contributed by atoms with Gasteiger partial charge in [-0.25, -0.2) is 4.57 Å². The van der Waals surface area contributed by atoms with Gasteiger partial charge < -0.3 is 26.2 Å². The fourth-order valence-electron chi connectivity index (χ4n) is 2.56. The van der Waals surface area contributed by atoms with Crippen LogP contribution in [-0.2, 0) is 9.09 Å². The molecule has 0 saturated heterocycles. The van der Waals surface area contributed by atoms with Crippen LogP contribution in [-0.4, -0.2) is 35.5 Å². The molecule has 0 aliphatic heterocycles. The summed E-state index contributed by atoms with van der Waals surface area (Å²) in [5, 5.41) is 0. The second-order valence-electron chi connectivity index (χ2n) is 6.36. The Bertz CT molecular complexity index is 519. The molecule has 0 radical (unpaired) electrons. The third-order valence-corrected chi connectivity index (χ3v) is 4.14. The SMILES string of the molecule is CC(C)CN(c1ccc(N)cc1)C(CCCCN)COP(=O)(O)O. The average Bonchev–Trinajstić information content (AvgIpc) is 2.48. The standard InChI is InChI=1S/C16H30N3O4P/c1-13(2)11-19(15-8-6-14(18)7-9-15)16(5-3-4-10-17)12-23-24(20,21)22/h6-9,13,16H,3-5,10-12,17-18H2,1-2H3,(H2,20,21,22). The van der Waals surface area contributed by atoms with Crippen molar-refractivity contribution >= 4 is 19.2 Å². The lowest BCUT2D eigenvalue weighted by atomic mass is 10.0. The van der Waals surface area contributed by atoms with Gasteiger partial charge in [-0.3, -0.25) is 4.52 Å². The minimum atomic E-state index is -4.50. The van der Waals surface area contributed by atoms with Gasteiger partial charge in [0, 0.05) is 17.9 Å². The molecule has 8 heteroatoms. The van der Waals surface area contributed by atoms with Crippen molar-refractivity contribution in [3.8, 4) is 0 Å². The Kier molecular flexibility index (Phi) is 8.73. The van der Waals surface area contributed by atoms with Crippen LogP contribution < -0.4 is 16.4 Å². The molecule has 1 unspecified atom stereocenters. The first-order valence-corrected chi connectivity index (χ1v) is 9.78. The van der Waals surface area contributed by atoms with Crippen molar-refractivity contribution in [3.05, 3.63) is 24.3 Å². The summed E-state index contributed by atoms with van der Waals surface area (Å²) in [6.45, 7) is 5.52. The largest absolute Gasteiger partial charge is 0.469 e. The number of phosphoric acid groups is 1. The van der Waals surface area contributed by atoms with E-state index in [2.05, 4.69) is 18.7 Å². The van der Waals surface area contributed by atoms with Crippen LogP contribution >= 0.6 is 7.82 Å². The third-order valence-electron chi connectivity index (χ3n) is 3.65. The monoisotopic (exact) mass is 359 g/mol. The molecule has 1 aromatic carbocycles. The Balaban J connectivity index is 2.97. The van der Waals surface area contributed by atoms with Crippen LogP contribution in [0.4, 0.5) is 11.4 Å². The maximum atomic E-state index is 11.1. The number of nitrogens with two attached hydrogens (primary N) is 2. The van der Waals surface area contributed by atoms with Gasteiger partial charge in [-0.05, 0) is 49.6 Å². The van der Waals surface area contributed by atoms with E-state index >= 15 is 0 Å². The van der Waals surface area contributed by atoms with E-state index in [0.717, 1.165) is 31.5 Å². The van der Waals surface area contributed by atoms with Crippen molar-refractivity contribution in [1.29, 1.82) is 0 Å². The molecule has 0 aliphatic carbocycles. The van der Waals surface area contributed by atoms with Crippen LogP contribution in [0.1, 0.15) is 33.1 Å². The molecule has 0 amide bonds. The molecule has 0 heterocycles. The minimum absolute atomic E-state index is 0.0358. The second kappa shape index (κ2) is 10.0. The summed E-state index contributed by atoms with van der Waals surface area (Å²) in [5.41, 5.74) is 13.0. The van der Waals surface area contributed by atoms with Gasteiger partial charge in [0.05, 0.1) is 12.6 Å². The number of nitrogen functional groups attached to an aromatic ring is 1. The zero-order valence-corrected chi connectivity index (χ0v) is 15.4. The number of hydrogen-bond donors (Lipinski definition) is 4. The van der Waals surface area contributed by atoms with Gasteiger partial charge in [0.15, 0.2) is 0 Å². The van der Waals surface area contributed by atoms with Crippen LogP contribution in [0.25, 0.3) is 0 Å². The molecule has 0 aliphatic rings. The molecular weight excluding hydrogens is 329 g/mol. The summed E-state index contributed by atoms with van der Waals surface area (Å²) in [5.74, 6) is 0.384. The van der Waals surface area contributed by atoms with E-state index in [-0.39, 0.29) is 12.6 Å². The Morgan fingerprint density at radius 1 is 1.21 bits per heavy atom. The first kappa shape index (κ1) is 20.9. The molecule has 1 rings (SSSR count). The maximum absolute atomic E-state index is 11.1. The summed E-state index contributed by atoms with van der Waals surface area (Å²) in [6, 6.07) is 7.35. The topological polar surface area (TPSA) is 122 Å². The Hall–Kier alpha value is -1.11. The van der Waals surface area contributed by atoms with Gasteiger partial charge in [-0.15, -0.1) is 0 Å². The van der Waals surface area contributed by atoms with Crippen LogP contribution in [0.15, 0.2) is 24.3 Å². The van der Waals surface area contributed by atoms with Crippen LogP contribution in [0.5, 0.6) is 0 Å². The smallest absolute Gasteiger partial charge is 0.399 e. The average molecular weight is 359 g/mol. The van der Waals surface area contributed by atoms with Gasteiger partial charge in [0.1, 0.15) is 0 Å². The van der Waals surface area contributed by atoms with Crippen molar-refractivity contribution in [2.45, 2.75) is 39.2 Å². The zero-order valence-electron chi connectivity index (χ0n) is 14.5. The first-order chi connectivity index (χ1) is 11.2. The summed E-state index contributed by atoms with van der Waals surface area (Å²) in [6.07, 6.45) is 2.48. The van der Waals surface area contributed by atoms with E-state index < -0.39 is 7.82 Å². The second-order valence-corrected chi connectivity index (χ2v) is 7.60. The minimum Gasteiger partial charge on any atom is -0.399 e. The van der Waals surface area contributed by atoms with E-state index in [4.69, 9.17) is 25.8 Å². The number of benzene rings is 1. The predicted octanol–water partition coefficient (Wildman–Crippen LogP) is 2.34. The van der Waals surface area contributed by atoms with Gasteiger partial charge in [0.2, 0.25) is 0 Å². The fraction of sp³-hybridized carbons (Fsp3) is 0.625. The number of phosphoric ester groups is 1. The summed E-state index contributed by atoms with van der Waals surface area (Å²) in [4.78, 5) is 20.2. The third kappa shape index (κ3) is 8.13. The van der Waals surface area contributed by atoms with E-state index in [1.807, 2.05) is 24.3 Å². The summed E-state index contributed by atoms with van der Waals surface area (Å²) in [7, 11) is -4.50. The molecule has 0 fully saturated rings. The molecule has 24 heavy (non-hydrogen) atoms. The Morgan fingerprint density at radius 2 is 1.83 bits per heavy atom. The predicted molar refractivity (Wildman–Crippen MR) is 97.7 cm³/mol. The Morgan fingerprint density at radius 3 is 2.33 bits per heavy atom. The van der Waals surface area contributed by atoms with Crippen molar-refractivity contribution in [2.24, 2.45) is 11.7 Å². The van der Waals surface area contributed by atoms with Crippen molar-refractivity contribution < 1.29 is 18.9 Å². The van der Waals surface area contributed by atoms with Gasteiger partial charge >= 0.3 is 7.82 Å². The van der Waals surface area contributed by atoms with E-state index in [1.54, 1.807) is 0 Å². The van der Waals surface area contributed by atoms with Crippen LogP contribution in [0.2, 0.25) is 0 Å².